The highest BCUT2D eigenvalue weighted by molar-refractivity contribution is 6.34. The van der Waals surface area contributed by atoms with E-state index in [9.17, 15) is 9.18 Å². The largest absolute Gasteiger partial charge is 0.355 e. The van der Waals surface area contributed by atoms with Crippen LogP contribution in [0.25, 0.3) is 11.3 Å². The summed E-state index contributed by atoms with van der Waals surface area (Å²) < 4.78 is 13.9. The SMILES string of the molecule is CC1CCN(c2ccc(-c3ccc(NC(=O)c4c(F)cccc4Cl)cc3)nn2)CC1. The fourth-order valence-electron chi connectivity index (χ4n) is 3.52. The summed E-state index contributed by atoms with van der Waals surface area (Å²) in [5.74, 6) is 0.416. The Morgan fingerprint density at radius 1 is 1.07 bits per heavy atom. The van der Waals surface area contributed by atoms with Crippen LogP contribution in [0.5, 0.6) is 0 Å². The topological polar surface area (TPSA) is 58.1 Å². The minimum Gasteiger partial charge on any atom is -0.355 e. The minimum atomic E-state index is -0.657. The van der Waals surface area contributed by atoms with Crippen molar-refractivity contribution in [3.63, 3.8) is 0 Å². The maximum absolute atomic E-state index is 13.9. The maximum atomic E-state index is 13.9. The highest BCUT2D eigenvalue weighted by atomic mass is 35.5. The number of amides is 1. The molecule has 2 heterocycles. The molecule has 1 saturated heterocycles. The van der Waals surface area contributed by atoms with Crippen LogP contribution in [0.3, 0.4) is 0 Å². The Labute approximate surface area is 179 Å². The number of carbonyl (C=O) groups is 1. The first kappa shape index (κ1) is 20.3. The average Bonchev–Trinajstić information content (AvgIpc) is 2.75. The number of carbonyl (C=O) groups excluding carboxylic acids is 1. The molecule has 1 fully saturated rings. The highest BCUT2D eigenvalue weighted by Crippen LogP contribution is 2.25. The number of hydrogen-bond acceptors (Lipinski definition) is 4. The van der Waals surface area contributed by atoms with Crippen LogP contribution >= 0.6 is 11.6 Å². The molecule has 0 spiro atoms. The van der Waals surface area contributed by atoms with E-state index in [1.165, 1.54) is 31.0 Å². The Morgan fingerprint density at radius 3 is 2.43 bits per heavy atom. The number of nitrogens with one attached hydrogen (secondary N) is 1. The third-order valence-corrected chi connectivity index (χ3v) is 5.70. The third-order valence-electron chi connectivity index (χ3n) is 5.39. The molecule has 1 aliphatic rings. The van der Waals surface area contributed by atoms with Gasteiger partial charge in [-0.25, -0.2) is 4.39 Å². The summed E-state index contributed by atoms with van der Waals surface area (Å²) in [4.78, 5) is 14.6. The van der Waals surface area contributed by atoms with Gasteiger partial charge in [-0.15, -0.1) is 10.2 Å². The van der Waals surface area contributed by atoms with Gasteiger partial charge in [-0.05, 0) is 55.2 Å². The second-order valence-electron chi connectivity index (χ2n) is 7.57. The number of aromatic nitrogens is 2. The van der Waals surface area contributed by atoms with Crippen molar-refractivity contribution in [1.29, 1.82) is 0 Å². The zero-order valence-corrected chi connectivity index (χ0v) is 17.4. The van der Waals surface area contributed by atoms with Crippen LogP contribution in [-0.2, 0) is 0 Å². The molecule has 154 valence electrons. The van der Waals surface area contributed by atoms with Gasteiger partial charge in [-0.3, -0.25) is 4.79 Å². The van der Waals surface area contributed by atoms with Gasteiger partial charge in [0.2, 0.25) is 0 Å². The van der Waals surface area contributed by atoms with Crippen molar-refractivity contribution in [2.75, 3.05) is 23.3 Å². The van der Waals surface area contributed by atoms with Crippen LogP contribution < -0.4 is 10.2 Å². The summed E-state index contributed by atoms with van der Waals surface area (Å²) in [7, 11) is 0. The van der Waals surface area contributed by atoms with E-state index in [-0.39, 0.29) is 10.6 Å². The van der Waals surface area contributed by atoms with E-state index in [4.69, 9.17) is 11.6 Å². The van der Waals surface area contributed by atoms with Gasteiger partial charge in [0.1, 0.15) is 5.82 Å². The van der Waals surface area contributed by atoms with Crippen LogP contribution in [-0.4, -0.2) is 29.2 Å². The predicted molar refractivity (Wildman–Crippen MR) is 117 cm³/mol. The molecule has 0 atom stereocenters. The highest BCUT2D eigenvalue weighted by Gasteiger charge is 2.18. The molecule has 2 aromatic carbocycles. The molecule has 0 unspecified atom stereocenters. The van der Waals surface area contributed by atoms with E-state index in [0.29, 0.717) is 5.69 Å². The average molecular weight is 425 g/mol. The fourth-order valence-corrected chi connectivity index (χ4v) is 3.77. The summed E-state index contributed by atoms with van der Waals surface area (Å²) in [5.41, 5.74) is 1.99. The monoisotopic (exact) mass is 424 g/mol. The Kier molecular flexibility index (Phi) is 5.95. The summed E-state index contributed by atoms with van der Waals surface area (Å²) in [6.45, 7) is 4.30. The van der Waals surface area contributed by atoms with Crippen molar-refractivity contribution in [2.45, 2.75) is 19.8 Å². The number of benzene rings is 2. The predicted octanol–water partition coefficient (Wildman–Crippen LogP) is 5.42. The molecule has 1 N–H and O–H groups in total. The zero-order valence-electron chi connectivity index (χ0n) is 16.6. The minimum absolute atomic E-state index is 0.0719. The van der Waals surface area contributed by atoms with Gasteiger partial charge in [0.15, 0.2) is 5.82 Å². The van der Waals surface area contributed by atoms with Crippen molar-refractivity contribution in [2.24, 2.45) is 5.92 Å². The number of piperidine rings is 1. The van der Waals surface area contributed by atoms with Crippen LogP contribution in [0.1, 0.15) is 30.1 Å². The van der Waals surface area contributed by atoms with Gasteiger partial charge >= 0.3 is 0 Å². The van der Waals surface area contributed by atoms with Crippen LogP contribution in [0, 0.1) is 11.7 Å². The van der Waals surface area contributed by atoms with E-state index in [2.05, 4.69) is 27.3 Å². The second kappa shape index (κ2) is 8.79. The number of hydrogen-bond donors (Lipinski definition) is 1. The van der Waals surface area contributed by atoms with Gasteiger partial charge in [0.05, 0.1) is 16.3 Å². The lowest BCUT2D eigenvalue weighted by atomic mass is 9.99. The molecule has 30 heavy (non-hydrogen) atoms. The molecular formula is C23H22ClFN4O. The van der Waals surface area contributed by atoms with Gasteiger partial charge in [0.25, 0.3) is 5.91 Å². The van der Waals surface area contributed by atoms with Crippen molar-refractivity contribution in [3.8, 4) is 11.3 Å². The van der Waals surface area contributed by atoms with E-state index in [1.54, 1.807) is 12.1 Å². The molecule has 4 rings (SSSR count). The van der Waals surface area contributed by atoms with Crippen LogP contribution in [0.15, 0.2) is 54.6 Å². The first-order valence-electron chi connectivity index (χ1n) is 9.96. The molecule has 3 aromatic rings. The van der Waals surface area contributed by atoms with Crippen LogP contribution in [0.4, 0.5) is 15.9 Å². The molecule has 0 bridgehead atoms. The third kappa shape index (κ3) is 4.44. The first-order chi connectivity index (χ1) is 14.5. The lowest BCUT2D eigenvalue weighted by Gasteiger charge is -2.30. The maximum Gasteiger partial charge on any atom is 0.260 e. The molecule has 0 radical (unpaired) electrons. The number of rotatable bonds is 4. The summed E-state index contributed by atoms with van der Waals surface area (Å²) >= 11 is 5.95. The lowest BCUT2D eigenvalue weighted by Crippen LogP contribution is -2.33. The number of halogens is 2. The molecule has 0 saturated carbocycles. The Bertz CT molecular complexity index is 1010. The van der Waals surface area contributed by atoms with Gasteiger partial charge in [-0.1, -0.05) is 36.7 Å². The second-order valence-corrected chi connectivity index (χ2v) is 7.98. The van der Waals surface area contributed by atoms with Crippen LogP contribution in [0.2, 0.25) is 5.02 Å². The molecule has 5 nitrogen and oxygen atoms in total. The zero-order chi connectivity index (χ0) is 21.1. The van der Waals surface area contributed by atoms with E-state index in [0.717, 1.165) is 36.1 Å². The fraction of sp³-hybridized carbons (Fsp3) is 0.261. The Balaban J connectivity index is 1.44. The van der Waals surface area contributed by atoms with E-state index < -0.39 is 11.7 Å². The van der Waals surface area contributed by atoms with Gasteiger partial charge in [0, 0.05) is 24.3 Å². The smallest absolute Gasteiger partial charge is 0.260 e. The van der Waals surface area contributed by atoms with Crippen molar-refractivity contribution in [3.05, 3.63) is 71.0 Å². The Morgan fingerprint density at radius 2 is 1.80 bits per heavy atom. The standard InChI is InChI=1S/C23H22ClFN4O/c1-15-11-13-29(14-12-15)21-10-9-20(27-28-21)16-5-7-17(8-6-16)26-23(30)22-18(24)3-2-4-19(22)25/h2-10,15H,11-14H2,1H3,(H,26,30). The number of nitrogens with zero attached hydrogens (tertiary/aromatic N) is 3. The summed E-state index contributed by atoms with van der Waals surface area (Å²) in [6.07, 6.45) is 2.35. The summed E-state index contributed by atoms with van der Waals surface area (Å²) in [5, 5.41) is 11.5. The molecule has 1 amide bonds. The molecule has 0 aliphatic carbocycles. The molecular weight excluding hydrogens is 403 g/mol. The Hall–Kier alpha value is -2.99. The molecule has 7 heteroatoms. The molecule has 1 aliphatic heterocycles. The number of anilines is 2. The normalized spacial score (nSPS) is 14.6. The van der Waals surface area contributed by atoms with Gasteiger partial charge < -0.3 is 10.2 Å². The lowest BCUT2D eigenvalue weighted by molar-refractivity contribution is 0.102. The van der Waals surface area contributed by atoms with E-state index >= 15 is 0 Å². The van der Waals surface area contributed by atoms with Gasteiger partial charge in [-0.2, -0.15) is 0 Å². The van der Waals surface area contributed by atoms with Crippen molar-refractivity contribution in [1.82, 2.24) is 10.2 Å². The van der Waals surface area contributed by atoms with Crippen molar-refractivity contribution >= 4 is 29.0 Å². The van der Waals surface area contributed by atoms with Crippen molar-refractivity contribution < 1.29 is 9.18 Å². The molecule has 1 aromatic heterocycles. The quantitative estimate of drug-likeness (QED) is 0.607. The first-order valence-corrected chi connectivity index (χ1v) is 10.3. The summed E-state index contributed by atoms with van der Waals surface area (Å²) in [6, 6.07) is 15.2. The van der Waals surface area contributed by atoms with E-state index in [1.807, 2.05) is 24.3 Å².